The molecule has 1 N–H and O–H groups in total. The smallest absolute Gasteiger partial charge is 0.287 e. The zero-order valence-corrected chi connectivity index (χ0v) is 16.3. The van der Waals surface area contributed by atoms with Crippen LogP contribution >= 0.6 is 0 Å². The number of hydrogen-bond donors (Lipinski definition) is 1. The minimum atomic E-state index is -0.111. The second-order valence-electron chi connectivity index (χ2n) is 7.85. The Kier molecular flexibility index (Phi) is 5.17. The third-order valence-electron chi connectivity index (χ3n) is 5.85. The number of amides is 1. The molecule has 142 valence electrons. The van der Waals surface area contributed by atoms with Crippen molar-refractivity contribution < 1.29 is 9.21 Å². The highest BCUT2D eigenvalue weighted by Gasteiger charge is 2.19. The van der Waals surface area contributed by atoms with Crippen LogP contribution in [0.2, 0.25) is 0 Å². The van der Waals surface area contributed by atoms with Crippen molar-refractivity contribution in [3.05, 3.63) is 47.7 Å². The molecule has 0 atom stereocenters. The Bertz CT molecular complexity index is 952. The van der Waals surface area contributed by atoms with Crippen LogP contribution in [0.3, 0.4) is 0 Å². The molecule has 2 aromatic carbocycles. The summed E-state index contributed by atoms with van der Waals surface area (Å²) >= 11 is 0. The predicted molar refractivity (Wildman–Crippen MR) is 110 cm³/mol. The highest BCUT2D eigenvalue weighted by atomic mass is 16.3. The second-order valence-corrected chi connectivity index (χ2v) is 7.85. The molecule has 0 radical (unpaired) electrons. The van der Waals surface area contributed by atoms with E-state index in [9.17, 15) is 4.79 Å². The molecule has 1 aromatic heterocycles. The summed E-state index contributed by atoms with van der Waals surface area (Å²) in [7, 11) is 0. The monoisotopic (exact) mass is 364 g/mol. The van der Waals surface area contributed by atoms with Crippen LogP contribution in [0.4, 0.5) is 0 Å². The Morgan fingerprint density at radius 2 is 1.93 bits per heavy atom. The number of carbonyl (C=O) groups excluding carboxylic acids is 1. The molecule has 4 nitrogen and oxygen atoms in total. The number of likely N-dealkylation sites (tertiary alicyclic amines) is 1. The first-order chi connectivity index (χ1) is 13.1. The lowest BCUT2D eigenvalue weighted by atomic mass is 9.99. The van der Waals surface area contributed by atoms with E-state index < -0.39 is 0 Å². The predicted octanol–water partition coefficient (Wildman–Crippen LogP) is 4.75. The van der Waals surface area contributed by atoms with Crippen LogP contribution in [0.1, 0.15) is 42.3 Å². The number of fused-ring (bicyclic) bond motifs is 3. The molecule has 1 aliphatic rings. The van der Waals surface area contributed by atoms with E-state index >= 15 is 0 Å². The van der Waals surface area contributed by atoms with Crippen LogP contribution in [0.25, 0.3) is 21.7 Å². The van der Waals surface area contributed by atoms with Gasteiger partial charge in [0.1, 0.15) is 5.58 Å². The van der Waals surface area contributed by atoms with Crippen LogP contribution in [0.5, 0.6) is 0 Å². The van der Waals surface area contributed by atoms with Crippen LogP contribution in [-0.2, 0) is 0 Å². The number of furan rings is 1. The van der Waals surface area contributed by atoms with Crippen molar-refractivity contribution in [2.45, 2.75) is 33.1 Å². The number of rotatable bonds is 5. The Labute approximate surface area is 160 Å². The van der Waals surface area contributed by atoms with E-state index in [-0.39, 0.29) is 5.91 Å². The van der Waals surface area contributed by atoms with Gasteiger partial charge >= 0.3 is 0 Å². The van der Waals surface area contributed by atoms with Crippen molar-refractivity contribution in [3.63, 3.8) is 0 Å². The average molecular weight is 364 g/mol. The number of nitrogens with one attached hydrogen (secondary N) is 1. The highest BCUT2D eigenvalue weighted by Crippen LogP contribution is 2.31. The number of carbonyl (C=O) groups is 1. The molecule has 0 saturated carbocycles. The maximum absolute atomic E-state index is 12.6. The largest absolute Gasteiger partial charge is 0.450 e. The number of piperidine rings is 1. The molecule has 1 amide bonds. The normalized spacial score (nSPS) is 16.2. The quantitative estimate of drug-likeness (QED) is 0.665. The van der Waals surface area contributed by atoms with Crippen LogP contribution in [-0.4, -0.2) is 37.0 Å². The number of nitrogens with zero attached hydrogens (tertiary/aromatic N) is 1. The van der Waals surface area contributed by atoms with Crippen molar-refractivity contribution in [2.75, 3.05) is 26.2 Å². The summed E-state index contributed by atoms with van der Waals surface area (Å²) < 4.78 is 6.01. The average Bonchev–Trinajstić information content (AvgIpc) is 3.04. The van der Waals surface area contributed by atoms with Crippen molar-refractivity contribution in [1.82, 2.24) is 10.2 Å². The van der Waals surface area contributed by atoms with Gasteiger partial charge in [-0.15, -0.1) is 0 Å². The van der Waals surface area contributed by atoms with Crippen LogP contribution in [0, 0.1) is 12.8 Å². The van der Waals surface area contributed by atoms with E-state index in [4.69, 9.17) is 4.42 Å². The molecule has 1 aliphatic heterocycles. The van der Waals surface area contributed by atoms with Gasteiger partial charge in [0.25, 0.3) is 5.91 Å². The molecule has 1 fully saturated rings. The van der Waals surface area contributed by atoms with E-state index in [0.29, 0.717) is 12.3 Å². The molecule has 4 heteroatoms. The fourth-order valence-electron chi connectivity index (χ4n) is 4.04. The Hall–Kier alpha value is -2.33. The summed E-state index contributed by atoms with van der Waals surface area (Å²) in [6, 6.07) is 12.3. The van der Waals surface area contributed by atoms with Crippen LogP contribution < -0.4 is 5.32 Å². The van der Waals surface area contributed by atoms with Gasteiger partial charge in [-0.05, 0) is 57.1 Å². The second kappa shape index (κ2) is 7.73. The summed E-state index contributed by atoms with van der Waals surface area (Å²) in [4.78, 5) is 15.2. The lowest BCUT2D eigenvalue weighted by molar-refractivity contribution is 0.0924. The van der Waals surface area contributed by atoms with E-state index in [1.54, 1.807) is 0 Å². The van der Waals surface area contributed by atoms with Gasteiger partial charge in [-0.25, -0.2) is 0 Å². The molecule has 0 spiro atoms. The maximum Gasteiger partial charge on any atom is 0.287 e. The van der Waals surface area contributed by atoms with E-state index in [1.165, 1.54) is 25.9 Å². The summed E-state index contributed by atoms with van der Waals surface area (Å²) in [6.07, 6.45) is 3.55. The minimum Gasteiger partial charge on any atom is -0.450 e. The topological polar surface area (TPSA) is 45.5 Å². The molecule has 3 aromatic rings. The standard InChI is InChI=1S/C23H28N2O2/c1-16-10-14-25(15-11-16)13-5-12-24-23(26)21-17(2)19-9-8-18-6-3-4-7-20(18)22(19)27-21/h3-4,6-9,16H,5,10-15H2,1-2H3,(H,24,26). The molecular formula is C23H28N2O2. The Morgan fingerprint density at radius 3 is 2.74 bits per heavy atom. The first-order valence-electron chi connectivity index (χ1n) is 10.0. The third kappa shape index (κ3) is 3.72. The first-order valence-corrected chi connectivity index (χ1v) is 10.0. The van der Waals surface area contributed by atoms with Gasteiger partial charge in [-0.3, -0.25) is 4.79 Å². The van der Waals surface area contributed by atoms with Gasteiger partial charge in [0.2, 0.25) is 0 Å². The fourth-order valence-corrected chi connectivity index (χ4v) is 4.04. The molecule has 27 heavy (non-hydrogen) atoms. The lowest BCUT2D eigenvalue weighted by Crippen LogP contribution is -2.35. The molecule has 4 rings (SSSR count). The third-order valence-corrected chi connectivity index (χ3v) is 5.85. The summed E-state index contributed by atoms with van der Waals surface area (Å²) in [5.41, 5.74) is 1.72. The molecule has 1 saturated heterocycles. The number of hydrogen-bond acceptors (Lipinski definition) is 3. The summed E-state index contributed by atoms with van der Waals surface area (Å²) in [5, 5.41) is 6.23. The summed E-state index contributed by atoms with van der Waals surface area (Å²) in [6.45, 7) is 8.40. The van der Waals surface area contributed by atoms with Crippen molar-refractivity contribution >= 4 is 27.6 Å². The molecular weight excluding hydrogens is 336 g/mol. The summed E-state index contributed by atoms with van der Waals surface area (Å²) in [5.74, 6) is 1.18. The zero-order chi connectivity index (χ0) is 18.8. The van der Waals surface area contributed by atoms with Gasteiger partial charge in [0, 0.05) is 22.9 Å². The zero-order valence-electron chi connectivity index (χ0n) is 16.3. The Balaban J connectivity index is 1.40. The Morgan fingerprint density at radius 1 is 1.15 bits per heavy atom. The molecule has 2 heterocycles. The highest BCUT2D eigenvalue weighted by molar-refractivity contribution is 6.08. The van der Waals surface area contributed by atoms with E-state index in [1.807, 2.05) is 31.2 Å². The molecule has 0 unspecified atom stereocenters. The fraction of sp³-hybridized carbons (Fsp3) is 0.435. The van der Waals surface area contributed by atoms with Crippen molar-refractivity contribution in [2.24, 2.45) is 5.92 Å². The number of aryl methyl sites for hydroxylation is 1. The van der Waals surface area contributed by atoms with Gasteiger partial charge in [0.15, 0.2) is 5.76 Å². The van der Waals surface area contributed by atoms with Gasteiger partial charge in [-0.2, -0.15) is 0 Å². The van der Waals surface area contributed by atoms with E-state index in [2.05, 4.69) is 29.3 Å². The van der Waals surface area contributed by atoms with Gasteiger partial charge in [-0.1, -0.05) is 43.3 Å². The lowest BCUT2D eigenvalue weighted by Gasteiger charge is -2.30. The maximum atomic E-state index is 12.6. The SMILES string of the molecule is Cc1c(C(=O)NCCCN2CCC(C)CC2)oc2c1ccc1ccccc12. The van der Waals surface area contributed by atoms with Crippen molar-refractivity contribution in [3.8, 4) is 0 Å². The number of benzene rings is 2. The van der Waals surface area contributed by atoms with Crippen LogP contribution in [0.15, 0.2) is 40.8 Å². The van der Waals surface area contributed by atoms with E-state index in [0.717, 1.165) is 46.2 Å². The molecule has 0 bridgehead atoms. The molecule has 0 aliphatic carbocycles. The minimum absolute atomic E-state index is 0.111. The van der Waals surface area contributed by atoms with Crippen molar-refractivity contribution in [1.29, 1.82) is 0 Å². The van der Waals surface area contributed by atoms with Gasteiger partial charge < -0.3 is 14.6 Å². The first kappa shape index (κ1) is 18.1. The van der Waals surface area contributed by atoms with Gasteiger partial charge in [0.05, 0.1) is 0 Å².